The standard InChI is InChI=1S/C12H19ClN2O/c1-15-11(4-7-14-15)3-6-12(9-13)5-2-8-16-10-12/h4,7H,2-3,5-6,8-10H2,1H3. The van der Waals surface area contributed by atoms with Crippen LogP contribution in [0, 0.1) is 5.41 Å². The highest BCUT2D eigenvalue weighted by Crippen LogP contribution is 2.34. The summed E-state index contributed by atoms with van der Waals surface area (Å²) in [6.45, 7) is 1.71. The number of aromatic nitrogens is 2. The Labute approximate surface area is 102 Å². The normalized spacial score (nSPS) is 25.9. The predicted molar refractivity (Wildman–Crippen MR) is 64.7 cm³/mol. The van der Waals surface area contributed by atoms with Gasteiger partial charge in [0, 0.05) is 36.8 Å². The van der Waals surface area contributed by atoms with E-state index in [-0.39, 0.29) is 5.41 Å². The Kier molecular flexibility index (Phi) is 3.87. The third-order valence-electron chi connectivity index (χ3n) is 3.52. The molecule has 1 aromatic heterocycles. The van der Waals surface area contributed by atoms with Gasteiger partial charge in [-0.15, -0.1) is 11.6 Å². The first-order valence-electron chi connectivity index (χ1n) is 5.86. The molecular formula is C12H19ClN2O. The van der Waals surface area contributed by atoms with Gasteiger partial charge in [-0.3, -0.25) is 4.68 Å². The lowest BCUT2D eigenvalue weighted by Gasteiger charge is -2.35. The summed E-state index contributed by atoms with van der Waals surface area (Å²) in [5, 5.41) is 4.18. The van der Waals surface area contributed by atoms with Gasteiger partial charge in [0.05, 0.1) is 6.61 Å². The largest absolute Gasteiger partial charge is 0.381 e. The number of aryl methyl sites for hydroxylation is 2. The van der Waals surface area contributed by atoms with Gasteiger partial charge in [0.2, 0.25) is 0 Å². The molecule has 1 saturated heterocycles. The second kappa shape index (κ2) is 5.19. The highest BCUT2D eigenvalue weighted by molar-refractivity contribution is 6.18. The molecule has 0 bridgehead atoms. The quantitative estimate of drug-likeness (QED) is 0.759. The molecule has 0 N–H and O–H groups in total. The van der Waals surface area contributed by atoms with E-state index in [1.165, 1.54) is 12.1 Å². The average molecular weight is 243 g/mol. The molecule has 1 fully saturated rings. The Hall–Kier alpha value is -0.540. The van der Waals surface area contributed by atoms with Crippen LogP contribution in [0.4, 0.5) is 0 Å². The zero-order valence-corrected chi connectivity index (χ0v) is 10.5. The van der Waals surface area contributed by atoms with Crippen molar-refractivity contribution in [2.75, 3.05) is 19.1 Å². The van der Waals surface area contributed by atoms with Crippen molar-refractivity contribution < 1.29 is 4.74 Å². The van der Waals surface area contributed by atoms with Crippen LogP contribution in [-0.4, -0.2) is 28.9 Å². The summed E-state index contributed by atoms with van der Waals surface area (Å²) in [5.74, 6) is 0.699. The van der Waals surface area contributed by atoms with Gasteiger partial charge in [-0.25, -0.2) is 0 Å². The average Bonchev–Trinajstić information content (AvgIpc) is 2.74. The lowest BCUT2D eigenvalue weighted by molar-refractivity contribution is 0.0000611. The first kappa shape index (κ1) is 11.9. The molecule has 0 spiro atoms. The third-order valence-corrected chi connectivity index (χ3v) is 4.09. The van der Waals surface area contributed by atoms with Crippen LogP contribution in [0.5, 0.6) is 0 Å². The molecule has 0 saturated carbocycles. The van der Waals surface area contributed by atoms with E-state index in [1.54, 1.807) is 0 Å². The Morgan fingerprint density at radius 3 is 3.06 bits per heavy atom. The number of rotatable bonds is 4. The van der Waals surface area contributed by atoms with Crippen LogP contribution in [0.25, 0.3) is 0 Å². The first-order valence-corrected chi connectivity index (χ1v) is 6.40. The molecule has 2 rings (SSSR count). The maximum atomic E-state index is 6.11. The molecule has 0 aliphatic carbocycles. The number of halogens is 1. The van der Waals surface area contributed by atoms with Crippen molar-refractivity contribution in [2.45, 2.75) is 25.7 Å². The summed E-state index contributed by atoms with van der Waals surface area (Å²) in [6, 6.07) is 2.08. The molecule has 16 heavy (non-hydrogen) atoms. The lowest BCUT2D eigenvalue weighted by Crippen LogP contribution is -2.34. The van der Waals surface area contributed by atoms with Crippen molar-refractivity contribution in [3.05, 3.63) is 18.0 Å². The molecule has 1 atom stereocenters. The molecule has 1 aromatic rings. The summed E-state index contributed by atoms with van der Waals surface area (Å²) in [7, 11) is 1.99. The van der Waals surface area contributed by atoms with Gasteiger partial charge in [-0.2, -0.15) is 5.10 Å². The predicted octanol–water partition coefficient (Wildman–Crippen LogP) is 2.39. The molecular weight excluding hydrogens is 224 g/mol. The number of alkyl halides is 1. The van der Waals surface area contributed by atoms with E-state index in [0.29, 0.717) is 5.88 Å². The highest BCUT2D eigenvalue weighted by Gasteiger charge is 2.31. The summed E-state index contributed by atoms with van der Waals surface area (Å²) in [5.41, 5.74) is 1.46. The Morgan fingerprint density at radius 2 is 2.50 bits per heavy atom. The summed E-state index contributed by atoms with van der Waals surface area (Å²) < 4.78 is 7.51. The van der Waals surface area contributed by atoms with Crippen LogP contribution < -0.4 is 0 Å². The molecule has 1 unspecified atom stereocenters. The van der Waals surface area contributed by atoms with Gasteiger partial charge in [0.1, 0.15) is 0 Å². The van der Waals surface area contributed by atoms with E-state index in [2.05, 4.69) is 11.2 Å². The molecule has 0 aromatic carbocycles. The van der Waals surface area contributed by atoms with E-state index in [1.807, 2.05) is 17.9 Å². The van der Waals surface area contributed by atoms with Gasteiger partial charge in [0.25, 0.3) is 0 Å². The number of ether oxygens (including phenoxy) is 1. The van der Waals surface area contributed by atoms with E-state index >= 15 is 0 Å². The van der Waals surface area contributed by atoms with Crippen LogP contribution in [0.15, 0.2) is 12.3 Å². The molecule has 0 amide bonds. The fraction of sp³-hybridized carbons (Fsp3) is 0.750. The van der Waals surface area contributed by atoms with E-state index in [9.17, 15) is 0 Å². The molecule has 4 heteroatoms. The van der Waals surface area contributed by atoms with Crippen molar-refractivity contribution in [3.63, 3.8) is 0 Å². The van der Waals surface area contributed by atoms with E-state index in [0.717, 1.165) is 32.5 Å². The number of hydrogen-bond acceptors (Lipinski definition) is 2. The summed E-state index contributed by atoms with van der Waals surface area (Å²) in [4.78, 5) is 0. The third kappa shape index (κ3) is 2.58. The molecule has 1 aliphatic rings. The SMILES string of the molecule is Cn1nccc1CCC1(CCl)CCCOC1. The van der Waals surface area contributed by atoms with Gasteiger partial charge in [0.15, 0.2) is 0 Å². The molecule has 0 radical (unpaired) electrons. The number of hydrogen-bond donors (Lipinski definition) is 0. The van der Waals surface area contributed by atoms with Gasteiger partial charge in [-0.1, -0.05) is 0 Å². The van der Waals surface area contributed by atoms with Gasteiger partial charge >= 0.3 is 0 Å². The Morgan fingerprint density at radius 1 is 1.62 bits per heavy atom. The maximum Gasteiger partial charge on any atom is 0.0533 e. The zero-order chi connectivity index (χ0) is 11.4. The van der Waals surface area contributed by atoms with E-state index < -0.39 is 0 Å². The minimum atomic E-state index is 0.185. The highest BCUT2D eigenvalue weighted by atomic mass is 35.5. The monoisotopic (exact) mass is 242 g/mol. The topological polar surface area (TPSA) is 27.1 Å². The lowest BCUT2D eigenvalue weighted by atomic mass is 9.80. The zero-order valence-electron chi connectivity index (χ0n) is 9.79. The molecule has 3 nitrogen and oxygen atoms in total. The van der Waals surface area contributed by atoms with Crippen LogP contribution in [-0.2, 0) is 18.2 Å². The molecule has 1 aliphatic heterocycles. The molecule has 2 heterocycles. The molecule has 90 valence electrons. The van der Waals surface area contributed by atoms with Crippen molar-refractivity contribution in [2.24, 2.45) is 12.5 Å². The minimum absolute atomic E-state index is 0.185. The smallest absolute Gasteiger partial charge is 0.0533 e. The fourth-order valence-corrected chi connectivity index (χ4v) is 2.66. The van der Waals surface area contributed by atoms with E-state index in [4.69, 9.17) is 16.3 Å². The van der Waals surface area contributed by atoms with Crippen molar-refractivity contribution >= 4 is 11.6 Å². The fourth-order valence-electron chi connectivity index (χ4n) is 2.32. The summed E-state index contributed by atoms with van der Waals surface area (Å²) >= 11 is 6.11. The maximum absolute atomic E-state index is 6.11. The van der Waals surface area contributed by atoms with Crippen LogP contribution in [0.2, 0.25) is 0 Å². The van der Waals surface area contributed by atoms with Gasteiger partial charge in [-0.05, 0) is 31.7 Å². The summed E-state index contributed by atoms with van der Waals surface area (Å²) in [6.07, 6.45) is 6.30. The van der Waals surface area contributed by atoms with Crippen LogP contribution in [0.1, 0.15) is 25.0 Å². The minimum Gasteiger partial charge on any atom is -0.381 e. The van der Waals surface area contributed by atoms with Crippen LogP contribution >= 0.6 is 11.6 Å². The number of nitrogens with zero attached hydrogens (tertiary/aromatic N) is 2. The van der Waals surface area contributed by atoms with Crippen molar-refractivity contribution in [1.29, 1.82) is 0 Å². The second-order valence-electron chi connectivity index (χ2n) is 4.74. The first-order chi connectivity index (χ1) is 7.76. The van der Waals surface area contributed by atoms with Crippen molar-refractivity contribution in [1.82, 2.24) is 9.78 Å². The van der Waals surface area contributed by atoms with Gasteiger partial charge < -0.3 is 4.74 Å². The van der Waals surface area contributed by atoms with Crippen molar-refractivity contribution in [3.8, 4) is 0 Å². The Balaban J connectivity index is 1.94. The Bertz CT molecular complexity index is 332. The second-order valence-corrected chi connectivity index (χ2v) is 5.00. The van der Waals surface area contributed by atoms with Crippen LogP contribution in [0.3, 0.4) is 0 Å².